The fourth-order valence-electron chi connectivity index (χ4n) is 7.26. The molecule has 3 aliphatic heterocycles. The SMILES string of the molecule is COc1ccc([Si](C)(C)[C@@H]2[C@@H](C)[C@@H](CCc3cccc(N4CCC4=O)c3)O[C@H]2CC(=O)N2CCC[C@H]2CO)cc1. The standard InChI is InChI=1S/C32H44N2O5Si/c1-22-28(15-10-23-7-5-8-24(19-23)34-18-16-30(34)36)39-29(20-31(37)33-17-6-9-25(33)21-35)32(22)40(3,4)27-13-11-26(38-2)12-14-27/h5,7-8,11-14,19,22,25,28-29,32,35H,6,9-10,15-18,20-21H2,1-4H3/t22-,25-,28+,29-,32+/m0/s1. The van der Waals surface area contributed by atoms with Crippen molar-refractivity contribution < 1.29 is 24.2 Å². The van der Waals surface area contributed by atoms with Crippen LogP contribution in [0.5, 0.6) is 5.75 Å². The summed E-state index contributed by atoms with van der Waals surface area (Å²) in [6, 6.07) is 16.7. The minimum atomic E-state index is -2.06. The first-order chi connectivity index (χ1) is 19.2. The minimum absolute atomic E-state index is 0.0217. The van der Waals surface area contributed by atoms with Gasteiger partial charge in [-0.2, -0.15) is 0 Å². The summed E-state index contributed by atoms with van der Waals surface area (Å²) < 4.78 is 12.2. The van der Waals surface area contributed by atoms with E-state index in [2.05, 4.69) is 44.3 Å². The topological polar surface area (TPSA) is 79.3 Å². The Morgan fingerprint density at radius 1 is 1.12 bits per heavy atom. The van der Waals surface area contributed by atoms with E-state index in [9.17, 15) is 14.7 Å². The number of aryl methyl sites for hydroxylation is 1. The third-order valence-electron chi connectivity index (χ3n) is 9.64. The van der Waals surface area contributed by atoms with Crippen molar-refractivity contribution in [1.29, 1.82) is 0 Å². The highest BCUT2D eigenvalue weighted by molar-refractivity contribution is 6.91. The average Bonchev–Trinajstić information content (AvgIpc) is 3.55. The maximum atomic E-state index is 13.5. The summed E-state index contributed by atoms with van der Waals surface area (Å²) in [6.07, 6.45) is 4.43. The number of rotatable bonds is 10. The number of carbonyl (C=O) groups excluding carboxylic acids is 2. The highest BCUT2D eigenvalue weighted by atomic mass is 28.3. The van der Waals surface area contributed by atoms with Crippen molar-refractivity contribution in [3.63, 3.8) is 0 Å². The fraction of sp³-hybridized carbons (Fsp3) is 0.562. The van der Waals surface area contributed by atoms with Crippen LogP contribution >= 0.6 is 0 Å². The van der Waals surface area contributed by atoms with Crippen molar-refractivity contribution in [3.8, 4) is 5.75 Å². The Balaban J connectivity index is 1.35. The smallest absolute Gasteiger partial charge is 0.228 e. The molecule has 2 aromatic carbocycles. The van der Waals surface area contributed by atoms with Gasteiger partial charge in [0.15, 0.2) is 0 Å². The van der Waals surface area contributed by atoms with Gasteiger partial charge in [0, 0.05) is 25.2 Å². The molecule has 0 bridgehead atoms. The summed E-state index contributed by atoms with van der Waals surface area (Å²) in [7, 11) is -0.377. The van der Waals surface area contributed by atoms with Gasteiger partial charge in [-0.25, -0.2) is 0 Å². The van der Waals surface area contributed by atoms with Crippen LogP contribution in [0, 0.1) is 5.92 Å². The molecule has 40 heavy (non-hydrogen) atoms. The molecule has 0 spiro atoms. The van der Waals surface area contributed by atoms with Gasteiger partial charge in [0.05, 0.1) is 46.5 Å². The van der Waals surface area contributed by atoms with Crippen molar-refractivity contribution in [1.82, 2.24) is 4.90 Å². The normalized spacial score (nSPS) is 26.7. The Hall–Kier alpha value is -2.68. The van der Waals surface area contributed by atoms with Gasteiger partial charge in [-0.1, -0.05) is 49.5 Å². The van der Waals surface area contributed by atoms with E-state index in [1.165, 1.54) is 10.8 Å². The van der Waals surface area contributed by atoms with E-state index in [-0.39, 0.29) is 42.2 Å². The summed E-state index contributed by atoms with van der Waals surface area (Å²) in [5.41, 5.74) is 2.46. The lowest BCUT2D eigenvalue weighted by Gasteiger charge is -2.36. The van der Waals surface area contributed by atoms with Crippen LogP contribution in [0.3, 0.4) is 0 Å². The molecule has 1 N–H and O–H groups in total. The molecule has 3 aliphatic rings. The van der Waals surface area contributed by atoms with Crippen LogP contribution in [0.25, 0.3) is 0 Å². The average molecular weight is 565 g/mol. The summed E-state index contributed by atoms with van der Waals surface area (Å²) in [5, 5.41) is 11.2. The van der Waals surface area contributed by atoms with Crippen LogP contribution in [-0.2, 0) is 20.7 Å². The van der Waals surface area contributed by atoms with Crippen molar-refractivity contribution in [2.24, 2.45) is 5.92 Å². The highest BCUT2D eigenvalue weighted by Crippen LogP contribution is 2.46. The molecule has 7 nitrogen and oxygen atoms in total. The number of anilines is 1. The molecule has 0 aliphatic carbocycles. The summed E-state index contributed by atoms with van der Waals surface area (Å²) in [5.74, 6) is 1.44. The number of aliphatic hydroxyl groups excluding tert-OH is 1. The van der Waals surface area contributed by atoms with Crippen molar-refractivity contribution in [2.75, 3.05) is 31.7 Å². The van der Waals surface area contributed by atoms with E-state index in [0.717, 1.165) is 50.2 Å². The molecular formula is C32H44N2O5Si. The van der Waals surface area contributed by atoms with Crippen molar-refractivity contribution in [3.05, 3.63) is 54.1 Å². The number of nitrogens with zero attached hydrogens (tertiary/aromatic N) is 2. The number of hydrogen-bond donors (Lipinski definition) is 1. The summed E-state index contributed by atoms with van der Waals surface area (Å²) in [4.78, 5) is 29.2. The van der Waals surface area contributed by atoms with Crippen LogP contribution in [-0.4, -0.2) is 75.0 Å². The van der Waals surface area contributed by atoms with E-state index in [1.54, 1.807) is 7.11 Å². The van der Waals surface area contributed by atoms with Gasteiger partial charge in [0.25, 0.3) is 0 Å². The second-order valence-electron chi connectivity index (χ2n) is 12.3. The number of aliphatic hydroxyl groups is 1. The number of ether oxygens (including phenoxy) is 2. The second-order valence-corrected chi connectivity index (χ2v) is 17.0. The van der Waals surface area contributed by atoms with E-state index in [4.69, 9.17) is 9.47 Å². The van der Waals surface area contributed by atoms with Gasteiger partial charge in [-0.3, -0.25) is 9.59 Å². The van der Waals surface area contributed by atoms with Gasteiger partial charge >= 0.3 is 0 Å². The fourth-order valence-corrected chi connectivity index (χ4v) is 11.3. The number of carbonyl (C=O) groups is 2. The predicted octanol–water partition coefficient (Wildman–Crippen LogP) is 4.13. The maximum absolute atomic E-state index is 13.5. The minimum Gasteiger partial charge on any atom is -0.497 e. The monoisotopic (exact) mass is 564 g/mol. The maximum Gasteiger partial charge on any atom is 0.228 e. The molecule has 2 amide bonds. The zero-order valence-electron chi connectivity index (χ0n) is 24.3. The van der Waals surface area contributed by atoms with E-state index >= 15 is 0 Å². The molecule has 3 heterocycles. The Morgan fingerprint density at radius 2 is 1.90 bits per heavy atom. The van der Waals surface area contributed by atoms with Crippen molar-refractivity contribution in [2.45, 2.75) is 82.3 Å². The van der Waals surface area contributed by atoms with Gasteiger partial charge in [-0.05, 0) is 67.0 Å². The van der Waals surface area contributed by atoms with Gasteiger partial charge in [-0.15, -0.1) is 0 Å². The van der Waals surface area contributed by atoms with Gasteiger partial charge in [0.1, 0.15) is 5.75 Å². The zero-order chi connectivity index (χ0) is 28.4. The Morgan fingerprint density at radius 3 is 2.55 bits per heavy atom. The number of methoxy groups -OCH3 is 1. The highest BCUT2D eigenvalue weighted by Gasteiger charge is 2.51. The van der Waals surface area contributed by atoms with E-state index < -0.39 is 8.07 Å². The van der Waals surface area contributed by atoms with E-state index in [0.29, 0.717) is 18.8 Å². The molecule has 5 rings (SSSR count). The van der Waals surface area contributed by atoms with Crippen molar-refractivity contribution >= 4 is 30.8 Å². The molecule has 0 unspecified atom stereocenters. The lowest BCUT2D eigenvalue weighted by molar-refractivity contribution is -0.135. The number of β-lactam (4-membered cyclic amide) rings is 1. The third-order valence-corrected chi connectivity index (χ3v) is 14.0. The third kappa shape index (κ3) is 5.71. The Labute approximate surface area is 239 Å². The first-order valence-electron chi connectivity index (χ1n) is 14.8. The lowest BCUT2D eigenvalue weighted by Crippen LogP contribution is -2.51. The molecule has 3 saturated heterocycles. The largest absolute Gasteiger partial charge is 0.497 e. The van der Waals surface area contributed by atoms with E-state index in [1.807, 2.05) is 34.1 Å². The number of amides is 2. The molecule has 0 aromatic heterocycles. The van der Waals surface area contributed by atoms with Crippen LogP contribution in [0.1, 0.15) is 44.6 Å². The van der Waals surface area contributed by atoms with Crippen LogP contribution in [0.2, 0.25) is 18.6 Å². The quantitative estimate of drug-likeness (QED) is 0.347. The molecule has 8 heteroatoms. The van der Waals surface area contributed by atoms with Crippen LogP contribution in [0.15, 0.2) is 48.5 Å². The van der Waals surface area contributed by atoms with Crippen LogP contribution < -0.4 is 14.8 Å². The molecule has 0 saturated carbocycles. The molecule has 216 valence electrons. The second kappa shape index (κ2) is 12.0. The molecule has 2 aromatic rings. The molecular weight excluding hydrogens is 520 g/mol. The Kier molecular flexibility index (Phi) is 8.68. The molecule has 0 radical (unpaired) electrons. The van der Waals surface area contributed by atoms with Crippen LogP contribution in [0.4, 0.5) is 5.69 Å². The lowest BCUT2D eigenvalue weighted by atomic mass is 9.94. The van der Waals surface area contributed by atoms with Gasteiger partial charge in [0.2, 0.25) is 11.8 Å². The predicted molar refractivity (Wildman–Crippen MR) is 160 cm³/mol. The number of benzene rings is 2. The first-order valence-corrected chi connectivity index (χ1v) is 17.9. The number of hydrogen-bond acceptors (Lipinski definition) is 5. The Bertz CT molecular complexity index is 1200. The summed E-state index contributed by atoms with van der Waals surface area (Å²) in [6.45, 7) is 8.64. The first kappa shape index (κ1) is 28.8. The zero-order valence-corrected chi connectivity index (χ0v) is 25.3. The summed E-state index contributed by atoms with van der Waals surface area (Å²) >= 11 is 0. The van der Waals surface area contributed by atoms with Gasteiger partial charge < -0.3 is 24.4 Å². The molecule has 3 fully saturated rings. The molecule has 5 atom stereocenters. The number of likely N-dealkylation sites (tertiary alicyclic amines) is 1.